The summed E-state index contributed by atoms with van der Waals surface area (Å²) in [6.07, 6.45) is 17.8. The molecule has 0 fully saturated rings. The number of hydrogen-bond donors (Lipinski definition) is 0. The highest BCUT2D eigenvalue weighted by atomic mass is 16.1. The molecule has 0 bridgehead atoms. The average molecular weight is 188 g/mol. The summed E-state index contributed by atoms with van der Waals surface area (Å²) in [5.41, 5.74) is 0.946. The zero-order valence-corrected chi connectivity index (χ0v) is 8.68. The molecule has 0 aliphatic rings. The molecule has 0 aromatic carbocycles. The van der Waals surface area contributed by atoms with Crippen molar-refractivity contribution < 1.29 is 4.79 Å². The van der Waals surface area contributed by atoms with E-state index in [-0.39, 0.29) is 0 Å². The van der Waals surface area contributed by atoms with Gasteiger partial charge in [-0.05, 0) is 25.5 Å². The molecule has 0 radical (unpaired) electrons. The van der Waals surface area contributed by atoms with E-state index in [4.69, 9.17) is 0 Å². The van der Waals surface area contributed by atoms with Gasteiger partial charge in [0.25, 0.3) is 0 Å². The molecule has 0 atom stereocenters. The minimum absolute atomic E-state index is 0.787. The van der Waals surface area contributed by atoms with Crippen molar-refractivity contribution in [2.75, 3.05) is 0 Å². The molecule has 0 aromatic heterocycles. The molecule has 0 heterocycles. The smallest absolute Gasteiger partial charge is 0.143 e. The van der Waals surface area contributed by atoms with Crippen molar-refractivity contribution >= 4 is 6.29 Å². The second-order valence-electron chi connectivity index (χ2n) is 2.70. The summed E-state index contributed by atoms with van der Waals surface area (Å²) in [7, 11) is 0. The predicted octanol–water partition coefficient (Wildman–Crippen LogP) is 3.38. The van der Waals surface area contributed by atoms with Gasteiger partial charge in [-0.15, -0.1) is 0 Å². The summed E-state index contributed by atoms with van der Waals surface area (Å²) in [5, 5.41) is 0. The van der Waals surface area contributed by atoms with Gasteiger partial charge in [-0.1, -0.05) is 48.6 Å². The van der Waals surface area contributed by atoms with Crippen LogP contribution in [0.1, 0.15) is 13.8 Å². The van der Waals surface area contributed by atoms with Crippen molar-refractivity contribution in [3.63, 3.8) is 0 Å². The third kappa shape index (κ3) is 8.47. The Labute approximate surface area is 85.8 Å². The van der Waals surface area contributed by atoms with Crippen LogP contribution < -0.4 is 0 Å². The van der Waals surface area contributed by atoms with Gasteiger partial charge < -0.3 is 0 Å². The molecule has 74 valence electrons. The second-order valence-corrected chi connectivity index (χ2v) is 2.70. The molecular formula is C13H16O. The van der Waals surface area contributed by atoms with E-state index < -0.39 is 0 Å². The Bertz CT molecular complexity index is 288. The van der Waals surface area contributed by atoms with Gasteiger partial charge in [0.1, 0.15) is 6.29 Å². The zero-order valence-electron chi connectivity index (χ0n) is 8.68. The monoisotopic (exact) mass is 188 g/mol. The lowest BCUT2D eigenvalue weighted by molar-refractivity contribution is -0.104. The molecule has 0 N–H and O–H groups in total. The summed E-state index contributed by atoms with van der Waals surface area (Å²) in [6.45, 7) is 3.86. The van der Waals surface area contributed by atoms with E-state index in [9.17, 15) is 4.79 Å². The molecule has 0 amide bonds. The zero-order chi connectivity index (χ0) is 10.6. The predicted molar refractivity (Wildman–Crippen MR) is 62.1 cm³/mol. The molecule has 14 heavy (non-hydrogen) atoms. The highest BCUT2D eigenvalue weighted by Gasteiger charge is 1.75. The first-order chi connectivity index (χ1) is 6.81. The van der Waals surface area contributed by atoms with Crippen LogP contribution in [0.3, 0.4) is 0 Å². The first-order valence-electron chi connectivity index (χ1n) is 4.56. The number of carbonyl (C=O) groups excluding carboxylic acids is 1. The molecule has 1 nitrogen and oxygen atoms in total. The molecule has 0 rings (SSSR count). The fourth-order valence-corrected chi connectivity index (χ4v) is 0.738. The molecule has 0 unspecified atom stereocenters. The topological polar surface area (TPSA) is 17.1 Å². The minimum Gasteiger partial charge on any atom is -0.299 e. The van der Waals surface area contributed by atoms with Gasteiger partial charge in [0.05, 0.1) is 0 Å². The normalized spacial score (nSPS) is 14.0. The number of rotatable bonds is 5. The van der Waals surface area contributed by atoms with Crippen LogP contribution in [-0.2, 0) is 4.79 Å². The van der Waals surface area contributed by atoms with Crippen molar-refractivity contribution in [3.8, 4) is 0 Å². The summed E-state index contributed by atoms with van der Waals surface area (Å²) in [4.78, 5) is 10.1. The van der Waals surface area contributed by atoms with Crippen LogP contribution in [0.5, 0.6) is 0 Å². The maximum atomic E-state index is 10.1. The maximum absolute atomic E-state index is 10.1. The van der Waals surface area contributed by atoms with Crippen molar-refractivity contribution in [2.45, 2.75) is 13.8 Å². The van der Waals surface area contributed by atoms with Crippen molar-refractivity contribution in [3.05, 3.63) is 60.3 Å². The lowest BCUT2D eigenvalue weighted by Gasteiger charge is -1.82. The van der Waals surface area contributed by atoms with Crippen molar-refractivity contribution in [1.29, 1.82) is 0 Å². The third-order valence-corrected chi connectivity index (χ3v) is 1.44. The number of hydrogen-bond acceptors (Lipinski definition) is 1. The van der Waals surface area contributed by atoms with E-state index in [0.717, 1.165) is 11.9 Å². The third-order valence-electron chi connectivity index (χ3n) is 1.44. The molecule has 0 saturated carbocycles. The van der Waals surface area contributed by atoms with E-state index >= 15 is 0 Å². The quantitative estimate of drug-likeness (QED) is 0.367. The SMILES string of the molecule is CC=CC=CC=CC=CC(C)=CC=O. The fourth-order valence-electron chi connectivity index (χ4n) is 0.738. The summed E-state index contributed by atoms with van der Waals surface area (Å²) >= 11 is 0. The Morgan fingerprint density at radius 3 is 2.07 bits per heavy atom. The van der Waals surface area contributed by atoms with Crippen LogP contribution in [0.25, 0.3) is 0 Å². The average Bonchev–Trinajstić information content (AvgIpc) is 2.17. The first-order valence-corrected chi connectivity index (χ1v) is 4.56. The van der Waals surface area contributed by atoms with E-state index in [0.29, 0.717) is 0 Å². The van der Waals surface area contributed by atoms with Gasteiger partial charge in [0, 0.05) is 0 Å². The fraction of sp³-hybridized carbons (Fsp3) is 0.154. The highest BCUT2D eigenvalue weighted by molar-refractivity contribution is 5.66. The number of aldehydes is 1. The van der Waals surface area contributed by atoms with Gasteiger partial charge in [-0.2, -0.15) is 0 Å². The molecule has 0 aliphatic heterocycles. The Morgan fingerprint density at radius 2 is 1.50 bits per heavy atom. The van der Waals surface area contributed by atoms with E-state index in [1.54, 1.807) is 0 Å². The van der Waals surface area contributed by atoms with Crippen LogP contribution in [0.4, 0.5) is 0 Å². The van der Waals surface area contributed by atoms with Gasteiger partial charge in [0.2, 0.25) is 0 Å². The summed E-state index contributed by atoms with van der Waals surface area (Å²) in [5.74, 6) is 0. The standard InChI is InChI=1S/C13H16O/c1-3-4-5-6-7-8-9-10-13(2)11-12-14/h3-12H,1-2H3. The van der Waals surface area contributed by atoms with Gasteiger partial charge in [-0.3, -0.25) is 4.79 Å². The lowest BCUT2D eigenvalue weighted by Crippen LogP contribution is -1.68. The molecule has 0 saturated heterocycles. The van der Waals surface area contributed by atoms with Crippen LogP contribution >= 0.6 is 0 Å². The van der Waals surface area contributed by atoms with E-state index in [2.05, 4.69) is 0 Å². The molecule has 1 heteroatoms. The largest absolute Gasteiger partial charge is 0.299 e. The van der Waals surface area contributed by atoms with Crippen LogP contribution in [0.15, 0.2) is 60.3 Å². The van der Waals surface area contributed by atoms with Crippen molar-refractivity contribution in [1.82, 2.24) is 0 Å². The minimum atomic E-state index is 0.787. The summed E-state index contributed by atoms with van der Waals surface area (Å²) in [6, 6.07) is 0. The highest BCUT2D eigenvalue weighted by Crippen LogP contribution is 1.93. The molecule has 0 aromatic rings. The number of allylic oxidation sites excluding steroid dienone is 10. The molecule has 0 aliphatic carbocycles. The Hall–Kier alpha value is -1.63. The molecular weight excluding hydrogens is 172 g/mol. The maximum Gasteiger partial charge on any atom is 0.143 e. The lowest BCUT2D eigenvalue weighted by atomic mass is 10.2. The Morgan fingerprint density at radius 1 is 0.929 bits per heavy atom. The second kappa shape index (κ2) is 9.46. The Balaban J connectivity index is 3.92. The van der Waals surface area contributed by atoms with Crippen LogP contribution in [0, 0.1) is 0 Å². The Kier molecular flexibility index (Phi) is 8.36. The van der Waals surface area contributed by atoms with Crippen LogP contribution in [-0.4, -0.2) is 6.29 Å². The van der Waals surface area contributed by atoms with Gasteiger partial charge >= 0.3 is 0 Å². The first kappa shape index (κ1) is 12.4. The molecule has 0 spiro atoms. The van der Waals surface area contributed by atoms with E-state index in [1.165, 1.54) is 6.08 Å². The summed E-state index contributed by atoms with van der Waals surface area (Å²) < 4.78 is 0. The van der Waals surface area contributed by atoms with E-state index in [1.807, 2.05) is 62.5 Å². The van der Waals surface area contributed by atoms with Gasteiger partial charge in [-0.25, -0.2) is 0 Å². The van der Waals surface area contributed by atoms with Gasteiger partial charge in [0.15, 0.2) is 0 Å². The number of carbonyl (C=O) groups is 1. The van der Waals surface area contributed by atoms with Crippen molar-refractivity contribution in [2.24, 2.45) is 0 Å². The van der Waals surface area contributed by atoms with Crippen LogP contribution in [0.2, 0.25) is 0 Å².